The first-order valence-electron chi connectivity index (χ1n) is 6.40. The number of primary sulfonamides is 1. The number of rotatable bonds is 7. The molecule has 1 aromatic rings. The Labute approximate surface area is 119 Å². The lowest BCUT2D eigenvalue weighted by Crippen LogP contribution is -2.36. The molecular formula is C13H21N3O3S. The summed E-state index contributed by atoms with van der Waals surface area (Å²) in [4.78, 5) is 11.9. The van der Waals surface area contributed by atoms with Gasteiger partial charge < -0.3 is 11.1 Å². The summed E-state index contributed by atoms with van der Waals surface area (Å²) < 4.78 is 21.5. The van der Waals surface area contributed by atoms with Crippen molar-refractivity contribution in [1.29, 1.82) is 0 Å². The first-order valence-corrected chi connectivity index (χ1v) is 8.11. The zero-order valence-electron chi connectivity index (χ0n) is 11.5. The number of sulfonamides is 1. The summed E-state index contributed by atoms with van der Waals surface area (Å²) in [6.45, 7) is 2.01. The Hall–Kier alpha value is -1.44. The highest BCUT2D eigenvalue weighted by atomic mass is 32.2. The van der Waals surface area contributed by atoms with Gasteiger partial charge in [0.2, 0.25) is 15.9 Å². The molecule has 1 aromatic carbocycles. The van der Waals surface area contributed by atoms with Crippen LogP contribution in [0.2, 0.25) is 0 Å². The SMILES string of the molecule is CC(C(=O)NCCCS(N)(=O)=O)C(N)c1ccccc1. The number of hydrogen-bond donors (Lipinski definition) is 3. The lowest BCUT2D eigenvalue weighted by atomic mass is 9.95. The Morgan fingerprint density at radius 3 is 2.45 bits per heavy atom. The van der Waals surface area contributed by atoms with Crippen molar-refractivity contribution >= 4 is 15.9 Å². The van der Waals surface area contributed by atoms with Gasteiger partial charge in [-0.2, -0.15) is 0 Å². The zero-order chi connectivity index (χ0) is 15.2. The summed E-state index contributed by atoms with van der Waals surface area (Å²) in [6, 6.07) is 8.96. The second kappa shape index (κ2) is 7.37. The van der Waals surface area contributed by atoms with Crippen LogP contribution in [0.25, 0.3) is 0 Å². The minimum Gasteiger partial charge on any atom is -0.356 e. The maximum absolute atomic E-state index is 11.9. The molecule has 112 valence electrons. The van der Waals surface area contributed by atoms with E-state index in [1.54, 1.807) is 6.92 Å². The third-order valence-electron chi connectivity index (χ3n) is 3.04. The lowest BCUT2D eigenvalue weighted by molar-refractivity contribution is -0.125. The van der Waals surface area contributed by atoms with Crippen LogP contribution >= 0.6 is 0 Å². The molecule has 0 saturated heterocycles. The molecule has 2 atom stereocenters. The average molecular weight is 299 g/mol. The number of carbonyl (C=O) groups is 1. The quantitative estimate of drug-likeness (QED) is 0.620. The molecular weight excluding hydrogens is 278 g/mol. The van der Waals surface area contributed by atoms with Gasteiger partial charge in [-0.05, 0) is 12.0 Å². The monoisotopic (exact) mass is 299 g/mol. The molecule has 1 rings (SSSR count). The predicted octanol–water partition coefficient (Wildman–Crippen LogP) is 0.117. The minimum absolute atomic E-state index is 0.146. The van der Waals surface area contributed by atoms with Crippen molar-refractivity contribution in [3.63, 3.8) is 0 Å². The lowest BCUT2D eigenvalue weighted by Gasteiger charge is -2.19. The molecule has 0 aliphatic rings. The van der Waals surface area contributed by atoms with Crippen molar-refractivity contribution in [2.75, 3.05) is 12.3 Å². The van der Waals surface area contributed by atoms with E-state index < -0.39 is 22.0 Å². The van der Waals surface area contributed by atoms with Gasteiger partial charge in [0, 0.05) is 12.6 Å². The van der Waals surface area contributed by atoms with E-state index in [-0.39, 0.29) is 24.6 Å². The predicted molar refractivity (Wildman–Crippen MR) is 78.1 cm³/mol. The second-order valence-electron chi connectivity index (χ2n) is 4.74. The first-order chi connectivity index (χ1) is 9.31. The van der Waals surface area contributed by atoms with Crippen molar-refractivity contribution in [3.05, 3.63) is 35.9 Å². The number of nitrogens with two attached hydrogens (primary N) is 2. The Bertz CT molecular complexity index is 531. The van der Waals surface area contributed by atoms with Gasteiger partial charge in [-0.1, -0.05) is 37.3 Å². The molecule has 20 heavy (non-hydrogen) atoms. The molecule has 0 aromatic heterocycles. The zero-order valence-corrected chi connectivity index (χ0v) is 12.3. The molecule has 0 heterocycles. The largest absolute Gasteiger partial charge is 0.356 e. The van der Waals surface area contributed by atoms with Crippen LogP contribution in [-0.4, -0.2) is 26.6 Å². The van der Waals surface area contributed by atoms with E-state index in [4.69, 9.17) is 10.9 Å². The van der Waals surface area contributed by atoms with Crippen LogP contribution < -0.4 is 16.2 Å². The van der Waals surface area contributed by atoms with Crippen LogP contribution in [0.3, 0.4) is 0 Å². The van der Waals surface area contributed by atoms with Gasteiger partial charge in [-0.15, -0.1) is 0 Å². The van der Waals surface area contributed by atoms with Crippen molar-refractivity contribution in [3.8, 4) is 0 Å². The maximum atomic E-state index is 11.9. The Balaban J connectivity index is 2.43. The van der Waals surface area contributed by atoms with Crippen LogP contribution in [0.15, 0.2) is 30.3 Å². The molecule has 0 radical (unpaired) electrons. The van der Waals surface area contributed by atoms with Crippen molar-refractivity contribution in [2.24, 2.45) is 16.8 Å². The third-order valence-corrected chi connectivity index (χ3v) is 3.90. The van der Waals surface area contributed by atoms with Gasteiger partial charge in [0.1, 0.15) is 0 Å². The van der Waals surface area contributed by atoms with E-state index in [9.17, 15) is 13.2 Å². The second-order valence-corrected chi connectivity index (χ2v) is 6.47. The topological polar surface area (TPSA) is 115 Å². The fourth-order valence-corrected chi connectivity index (χ4v) is 2.32. The molecule has 0 spiro atoms. The number of nitrogens with one attached hydrogen (secondary N) is 1. The molecule has 2 unspecified atom stereocenters. The van der Waals surface area contributed by atoms with Crippen LogP contribution in [0.5, 0.6) is 0 Å². The van der Waals surface area contributed by atoms with E-state index in [0.717, 1.165) is 5.56 Å². The fraction of sp³-hybridized carbons (Fsp3) is 0.462. The van der Waals surface area contributed by atoms with Gasteiger partial charge in [-0.3, -0.25) is 4.79 Å². The highest BCUT2D eigenvalue weighted by Crippen LogP contribution is 2.18. The van der Waals surface area contributed by atoms with E-state index in [1.165, 1.54) is 0 Å². The number of hydrogen-bond acceptors (Lipinski definition) is 4. The molecule has 0 fully saturated rings. The highest BCUT2D eigenvalue weighted by molar-refractivity contribution is 7.89. The van der Waals surface area contributed by atoms with Crippen LogP contribution in [0.1, 0.15) is 24.9 Å². The molecule has 1 amide bonds. The normalized spacial score (nSPS) is 14.6. The average Bonchev–Trinajstić information content (AvgIpc) is 2.41. The number of carbonyl (C=O) groups excluding carboxylic acids is 1. The van der Waals surface area contributed by atoms with Gasteiger partial charge in [0.25, 0.3) is 0 Å². The summed E-state index contributed by atoms with van der Waals surface area (Å²) >= 11 is 0. The summed E-state index contributed by atoms with van der Waals surface area (Å²) in [6.07, 6.45) is 0.290. The molecule has 5 N–H and O–H groups in total. The molecule has 0 aliphatic carbocycles. The maximum Gasteiger partial charge on any atom is 0.224 e. The summed E-state index contributed by atoms with van der Waals surface area (Å²) in [5.41, 5.74) is 6.92. The van der Waals surface area contributed by atoms with Crippen molar-refractivity contribution in [2.45, 2.75) is 19.4 Å². The van der Waals surface area contributed by atoms with Crippen LogP contribution in [0, 0.1) is 5.92 Å². The molecule has 0 bridgehead atoms. The van der Waals surface area contributed by atoms with Gasteiger partial charge in [0.15, 0.2) is 0 Å². The number of benzene rings is 1. The van der Waals surface area contributed by atoms with E-state index >= 15 is 0 Å². The van der Waals surface area contributed by atoms with E-state index in [2.05, 4.69) is 5.32 Å². The third kappa shape index (κ3) is 5.68. The van der Waals surface area contributed by atoms with Crippen molar-refractivity contribution in [1.82, 2.24) is 5.32 Å². The van der Waals surface area contributed by atoms with Crippen LogP contribution in [-0.2, 0) is 14.8 Å². The van der Waals surface area contributed by atoms with E-state index in [0.29, 0.717) is 0 Å². The Morgan fingerprint density at radius 1 is 1.30 bits per heavy atom. The minimum atomic E-state index is -3.48. The summed E-state index contributed by atoms with van der Waals surface area (Å²) in [7, 11) is -3.48. The summed E-state index contributed by atoms with van der Waals surface area (Å²) in [5.74, 6) is -0.741. The molecule has 0 saturated carbocycles. The standard InChI is InChI=1S/C13H21N3O3S/c1-10(12(14)11-6-3-2-4-7-11)13(17)16-8-5-9-20(15,18)19/h2-4,6-7,10,12H,5,8-9,14H2,1H3,(H,16,17)(H2,15,18,19). The van der Waals surface area contributed by atoms with Gasteiger partial charge >= 0.3 is 0 Å². The van der Waals surface area contributed by atoms with E-state index in [1.807, 2.05) is 30.3 Å². The van der Waals surface area contributed by atoms with Crippen LogP contribution in [0.4, 0.5) is 0 Å². The molecule has 7 heteroatoms. The Morgan fingerprint density at radius 2 is 1.90 bits per heavy atom. The Kier molecular flexibility index (Phi) is 6.12. The number of amides is 1. The first kappa shape index (κ1) is 16.6. The van der Waals surface area contributed by atoms with Crippen molar-refractivity contribution < 1.29 is 13.2 Å². The highest BCUT2D eigenvalue weighted by Gasteiger charge is 2.21. The van der Waals surface area contributed by atoms with Gasteiger partial charge in [-0.25, -0.2) is 13.6 Å². The summed E-state index contributed by atoms with van der Waals surface area (Å²) in [5, 5.41) is 7.54. The smallest absolute Gasteiger partial charge is 0.224 e. The van der Waals surface area contributed by atoms with Gasteiger partial charge in [0.05, 0.1) is 11.7 Å². The molecule has 0 aliphatic heterocycles. The molecule has 6 nitrogen and oxygen atoms in total. The fourth-order valence-electron chi connectivity index (χ4n) is 1.77.